The molecule has 0 bridgehead atoms. The molecule has 1 atom stereocenters. The largest absolute Gasteiger partial charge is 0.508 e. The number of carbonyl (C=O) groups excluding carboxylic acids is 1. The minimum atomic E-state index is -1.05. The Bertz CT molecular complexity index is 1080. The number of hydrogen-bond donors (Lipinski definition) is 3. The first-order valence-corrected chi connectivity index (χ1v) is 10.3. The Hall–Kier alpha value is -3.46. The van der Waals surface area contributed by atoms with Crippen LogP contribution in [0.3, 0.4) is 0 Å². The number of rotatable bonds is 7. The molecule has 0 spiro atoms. The number of amidine groups is 1. The number of carboxylic acids is 1. The number of nitrogens with zero attached hydrogens (tertiary/aromatic N) is 1. The summed E-state index contributed by atoms with van der Waals surface area (Å²) in [6, 6.07) is 9.81. The Morgan fingerprint density at radius 1 is 1.26 bits per heavy atom. The van der Waals surface area contributed by atoms with Gasteiger partial charge in [0.25, 0.3) is 5.91 Å². The van der Waals surface area contributed by atoms with Crippen LogP contribution in [0.2, 0.25) is 0 Å². The van der Waals surface area contributed by atoms with Gasteiger partial charge in [-0.3, -0.25) is 4.79 Å². The van der Waals surface area contributed by atoms with Crippen molar-refractivity contribution >= 4 is 40.6 Å². The SMILES string of the molecule is CCC(Oc1ccc(/C=C2/SC(=Nc3ccc(O)cc3C)NC2=O)cc1OC)C(=O)O. The van der Waals surface area contributed by atoms with E-state index in [2.05, 4.69) is 10.3 Å². The maximum absolute atomic E-state index is 12.4. The van der Waals surface area contributed by atoms with Crippen molar-refractivity contribution in [3.63, 3.8) is 0 Å². The summed E-state index contributed by atoms with van der Waals surface area (Å²) in [5, 5.41) is 21.9. The van der Waals surface area contributed by atoms with Crippen molar-refractivity contribution in [1.29, 1.82) is 0 Å². The van der Waals surface area contributed by atoms with E-state index in [0.717, 1.165) is 5.56 Å². The maximum atomic E-state index is 12.4. The predicted octanol–water partition coefficient (Wildman–Crippen LogP) is 3.84. The van der Waals surface area contributed by atoms with E-state index in [0.29, 0.717) is 39.2 Å². The first-order valence-electron chi connectivity index (χ1n) is 9.47. The number of methoxy groups -OCH3 is 1. The van der Waals surface area contributed by atoms with Gasteiger partial charge in [0.15, 0.2) is 22.8 Å². The van der Waals surface area contributed by atoms with Gasteiger partial charge in [0.05, 0.1) is 17.7 Å². The molecule has 3 rings (SSSR count). The summed E-state index contributed by atoms with van der Waals surface area (Å²) in [4.78, 5) is 28.5. The van der Waals surface area contributed by atoms with Crippen LogP contribution in [0, 0.1) is 6.92 Å². The highest BCUT2D eigenvalue weighted by atomic mass is 32.2. The molecule has 1 heterocycles. The standard InChI is InChI=1S/C22H22N2O6S/c1-4-16(21(27)28)30-17-8-5-13(10-18(17)29-3)11-19-20(26)24-22(31-19)23-15-7-6-14(25)9-12(15)2/h5-11,16,25H,4H2,1-3H3,(H,27,28)(H,23,24,26)/b19-11+. The highest BCUT2D eigenvalue weighted by Crippen LogP contribution is 2.33. The Morgan fingerprint density at radius 3 is 2.68 bits per heavy atom. The van der Waals surface area contributed by atoms with Gasteiger partial charge in [0.1, 0.15) is 5.75 Å². The minimum absolute atomic E-state index is 0.153. The lowest BCUT2D eigenvalue weighted by molar-refractivity contribution is -0.145. The predicted molar refractivity (Wildman–Crippen MR) is 119 cm³/mol. The molecule has 0 aliphatic carbocycles. The molecule has 1 amide bonds. The van der Waals surface area contributed by atoms with Crippen LogP contribution in [0.25, 0.3) is 6.08 Å². The number of thioether (sulfide) groups is 1. The number of aliphatic imine (C=N–C) groups is 1. The number of amides is 1. The summed E-state index contributed by atoms with van der Waals surface area (Å²) in [6.45, 7) is 3.54. The molecule has 1 aliphatic heterocycles. The second-order valence-corrected chi connectivity index (χ2v) is 7.75. The number of aryl methyl sites for hydroxylation is 1. The van der Waals surface area contributed by atoms with Gasteiger partial charge in [0.2, 0.25) is 0 Å². The molecular formula is C22H22N2O6S. The van der Waals surface area contributed by atoms with E-state index in [1.54, 1.807) is 43.3 Å². The molecule has 3 N–H and O–H groups in total. The lowest BCUT2D eigenvalue weighted by Crippen LogP contribution is -2.26. The van der Waals surface area contributed by atoms with Gasteiger partial charge >= 0.3 is 5.97 Å². The first kappa shape index (κ1) is 22.2. The van der Waals surface area contributed by atoms with Crippen LogP contribution < -0.4 is 14.8 Å². The fraction of sp³-hybridized carbons (Fsp3) is 0.227. The number of phenols is 1. The normalized spacial score (nSPS) is 16.9. The van der Waals surface area contributed by atoms with Crippen LogP contribution in [0.5, 0.6) is 17.2 Å². The molecule has 1 saturated heterocycles. The van der Waals surface area contributed by atoms with E-state index in [9.17, 15) is 19.8 Å². The maximum Gasteiger partial charge on any atom is 0.344 e. The van der Waals surface area contributed by atoms with E-state index in [1.807, 2.05) is 6.92 Å². The van der Waals surface area contributed by atoms with Crippen molar-refractivity contribution in [3.8, 4) is 17.2 Å². The molecule has 162 valence electrons. The zero-order valence-electron chi connectivity index (χ0n) is 17.2. The number of carbonyl (C=O) groups is 2. The number of aliphatic carboxylic acids is 1. The van der Waals surface area contributed by atoms with Gasteiger partial charge in [-0.05, 0) is 72.6 Å². The van der Waals surface area contributed by atoms with Gasteiger partial charge in [-0.1, -0.05) is 13.0 Å². The molecule has 1 aliphatic rings. The Morgan fingerprint density at radius 2 is 2.03 bits per heavy atom. The Kier molecular flexibility index (Phi) is 6.86. The van der Waals surface area contributed by atoms with Crippen LogP contribution in [0.15, 0.2) is 46.3 Å². The molecule has 0 saturated carbocycles. The molecule has 0 radical (unpaired) electrons. The molecule has 0 aromatic heterocycles. The van der Waals surface area contributed by atoms with Gasteiger partial charge in [-0.15, -0.1) is 0 Å². The summed E-state index contributed by atoms with van der Waals surface area (Å²) < 4.78 is 10.9. The number of benzene rings is 2. The summed E-state index contributed by atoms with van der Waals surface area (Å²) >= 11 is 1.20. The highest BCUT2D eigenvalue weighted by Gasteiger charge is 2.24. The van der Waals surface area contributed by atoms with Crippen LogP contribution in [-0.2, 0) is 9.59 Å². The fourth-order valence-electron chi connectivity index (χ4n) is 2.84. The molecular weight excluding hydrogens is 420 g/mol. The summed E-state index contributed by atoms with van der Waals surface area (Å²) in [5.41, 5.74) is 2.12. The molecule has 8 nitrogen and oxygen atoms in total. The smallest absolute Gasteiger partial charge is 0.344 e. The van der Waals surface area contributed by atoms with Crippen molar-refractivity contribution in [2.75, 3.05) is 7.11 Å². The molecule has 31 heavy (non-hydrogen) atoms. The minimum Gasteiger partial charge on any atom is -0.508 e. The number of aromatic hydroxyl groups is 1. The molecule has 1 unspecified atom stereocenters. The van der Waals surface area contributed by atoms with Crippen LogP contribution in [-0.4, -0.2) is 40.5 Å². The molecule has 1 fully saturated rings. The van der Waals surface area contributed by atoms with Gasteiger partial charge in [0, 0.05) is 0 Å². The van der Waals surface area contributed by atoms with E-state index in [-0.39, 0.29) is 11.7 Å². The molecule has 2 aromatic rings. The van der Waals surface area contributed by atoms with Crippen molar-refractivity contribution < 1.29 is 29.3 Å². The lowest BCUT2D eigenvalue weighted by Gasteiger charge is -2.16. The van der Waals surface area contributed by atoms with Gasteiger partial charge < -0.3 is 25.0 Å². The summed E-state index contributed by atoms with van der Waals surface area (Å²) in [7, 11) is 1.46. The summed E-state index contributed by atoms with van der Waals surface area (Å²) in [5.74, 6) is -0.500. The average molecular weight is 442 g/mol. The van der Waals surface area contributed by atoms with E-state index >= 15 is 0 Å². The highest BCUT2D eigenvalue weighted by molar-refractivity contribution is 8.18. The van der Waals surface area contributed by atoms with E-state index in [4.69, 9.17) is 9.47 Å². The van der Waals surface area contributed by atoms with Crippen LogP contribution >= 0.6 is 11.8 Å². The van der Waals surface area contributed by atoms with Crippen molar-refractivity contribution in [3.05, 3.63) is 52.4 Å². The Balaban J connectivity index is 1.82. The van der Waals surface area contributed by atoms with E-state index in [1.165, 1.54) is 24.9 Å². The monoisotopic (exact) mass is 442 g/mol. The number of phenolic OH excluding ortho intramolecular Hbond substituents is 1. The number of carboxylic acid groups (broad SMARTS) is 1. The zero-order valence-corrected chi connectivity index (χ0v) is 18.0. The van der Waals surface area contributed by atoms with Gasteiger partial charge in [-0.2, -0.15) is 0 Å². The topological polar surface area (TPSA) is 117 Å². The van der Waals surface area contributed by atoms with E-state index < -0.39 is 12.1 Å². The lowest BCUT2D eigenvalue weighted by atomic mass is 10.1. The van der Waals surface area contributed by atoms with Crippen molar-refractivity contribution in [2.24, 2.45) is 4.99 Å². The second kappa shape index (κ2) is 9.57. The number of hydrogen-bond acceptors (Lipinski definition) is 7. The van der Waals surface area contributed by atoms with Crippen molar-refractivity contribution in [1.82, 2.24) is 5.32 Å². The molecule has 2 aromatic carbocycles. The Labute approximate surface area is 183 Å². The fourth-order valence-corrected chi connectivity index (χ4v) is 3.67. The van der Waals surface area contributed by atoms with Crippen LogP contribution in [0.1, 0.15) is 24.5 Å². The quantitative estimate of drug-likeness (QED) is 0.558. The zero-order chi connectivity index (χ0) is 22.5. The van der Waals surface area contributed by atoms with Gasteiger partial charge in [-0.25, -0.2) is 9.79 Å². The summed E-state index contributed by atoms with van der Waals surface area (Å²) in [6.07, 6.45) is 1.02. The third-order valence-electron chi connectivity index (χ3n) is 4.45. The van der Waals surface area contributed by atoms with Crippen molar-refractivity contribution in [2.45, 2.75) is 26.4 Å². The average Bonchev–Trinajstić information content (AvgIpc) is 3.07. The third-order valence-corrected chi connectivity index (χ3v) is 5.36. The second-order valence-electron chi connectivity index (χ2n) is 6.72. The number of ether oxygens (including phenoxy) is 2. The first-order chi connectivity index (χ1) is 14.8. The third kappa shape index (κ3) is 5.37. The molecule has 9 heteroatoms. The van der Waals surface area contributed by atoms with Crippen LogP contribution in [0.4, 0.5) is 5.69 Å². The number of nitrogens with one attached hydrogen (secondary N) is 1.